The molecule has 1 unspecified atom stereocenters. The molecule has 1 heterocycles. The summed E-state index contributed by atoms with van der Waals surface area (Å²) in [7, 11) is 0. The van der Waals surface area contributed by atoms with Gasteiger partial charge < -0.3 is 10.2 Å². The Hall–Kier alpha value is -1.53. The van der Waals surface area contributed by atoms with Crippen molar-refractivity contribution in [2.24, 2.45) is 0 Å². The fourth-order valence-corrected chi connectivity index (χ4v) is 2.82. The summed E-state index contributed by atoms with van der Waals surface area (Å²) in [4.78, 5) is 28.1. The quantitative estimate of drug-likeness (QED) is 0.849. The fourth-order valence-electron chi connectivity index (χ4n) is 2.52. The molecule has 5 nitrogen and oxygen atoms in total. The standard InChI is InChI=1S/C17H25N3O2S/c1-14(23-2)17(22)18-12-16(21)20-10-8-19(9-11-20)13-15-6-4-3-5-7-15/h3-7,14H,8-13H2,1-2H3,(H,18,22). The van der Waals surface area contributed by atoms with E-state index in [-0.39, 0.29) is 23.6 Å². The number of nitrogens with one attached hydrogen (secondary N) is 1. The Labute approximate surface area is 142 Å². The van der Waals surface area contributed by atoms with Crippen molar-refractivity contribution in [2.75, 3.05) is 39.0 Å². The first-order chi connectivity index (χ1) is 11.1. The Kier molecular flexibility index (Phi) is 6.92. The van der Waals surface area contributed by atoms with Gasteiger partial charge in [0, 0.05) is 32.7 Å². The van der Waals surface area contributed by atoms with Crippen LogP contribution >= 0.6 is 11.8 Å². The van der Waals surface area contributed by atoms with Crippen LogP contribution in [0.3, 0.4) is 0 Å². The number of rotatable bonds is 6. The van der Waals surface area contributed by atoms with E-state index >= 15 is 0 Å². The van der Waals surface area contributed by atoms with Gasteiger partial charge in [0.15, 0.2) is 0 Å². The van der Waals surface area contributed by atoms with Gasteiger partial charge in [0.05, 0.1) is 11.8 Å². The van der Waals surface area contributed by atoms with Crippen molar-refractivity contribution in [1.29, 1.82) is 0 Å². The highest BCUT2D eigenvalue weighted by molar-refractivity contribution is 7.99. The number of amides is 2. The molecule has 1 saturated heterocycles. The van der Waals surface area contributed by atoms with Crippen LogP contribution in [0.5, 0.6) is 0 Å². The summed E-state index contributed by atoms with van der Waals surface area (Å²) < 4.78 is 0. The summed E-state index contributed by atoms with van der Waals surface area (Å²) in [6.07, 6.45) is 1.89. The van der Waals surface area contributed by atoms with E-state index in [0.717, 1.165) is 32.7 Å². The highest BCUT2D eigenvalue weighted by Crippen LogP contribution is 2.08. The monoisotopic (exact) mass is 335 g/mol. The van der Waals surface area contributed by atoms with Gasteiger partial charge in [-0.2, -0.15) is 11.8 Å². The lowest BCUT2D eigenvalue weighted by Gasteiger charge is -2.34. The molecule has 0 aliphatic carbocycles. The van der Waals surface area contributed by atoms with E-state index in [0.29, 0.717) is 0 Å². The van der Waals surface area contributed by atoms with Gasteiger partial charge in [-0.1, -0.05) is 30.3 Å². The largest absolute Gasteiger partial charge is 0.346 e. The molecule has 1 aliphatic rings. The van der Waals surface area contributed by atoms with E-state index in [1.165, 1.54) is 17.3 Å². The number of hydrogen-bond donors (Lipinski definition) is 1. The van der Waals surface area contributed by atoms with Gasteiger partial charge >= 0.3 is 0 Å². The van der Waals surface area contributed by atoms with E-state index in [9.17, 15) is 9.59 Å². The molecule has 126 valence electrons. The molecule has 1 aliphatic heterocycles. The number of nitrogens with zero attached hydrogens (tertiary/aromatic N) is 2. The van der Waals surface area contributed by atoms with Crippen molar-refractivity contribution in [3.05, 3.63) is 35.9 Å². The summed E-state index contributed by atoms with van der Waals surface area (Å²) >= 11 is 1.48. The van der Waals surface area contributed by atoms with E-state index in [1.807, 2.05) is 36.3 Å². The van der Waals surface area contributed by atoms with Crippen LogP contribution in [0.2, 0.25) is 0 Å². The highest BCUT2D eigenvalue weighted by Gasteiger charge is 2.22. The number of hydrogen-bond acceptors (Lipinski definition) is 4. The molecule has 0 spiro atoms. The van der Waals surface area contributed by atoms with Gasteiger partial charge in [0.2, 0.25) is 11.8 Å². The van der Waals surface area contributed by atoms with E-state index < -0.39 is 0 Å². The average molecular weight is 335 g/mol. The summed E-state index contributed by atoms with van der Waals surface area (Å²) in [5.41, 5.74) is 1.30. The third kappa shape index (κ3) is 5.55. The van der Waals surface area contributed by atoms with E-state index in [2.05, 4.69) is 22.3 Å². The number of carbonyl (C=O) groups excluding carboxylic acids is 2. The highest BCUT2D eigenvalue weighted by atomic mass is 32.2. The Morgan fingerprint density at radius 3 is 2.43 bits per heavy atom. The minimum atomic E-state index is -0.120. The topological polar surface area (TPSA) is 52.7 Å². The number of piperazine rings is 1. The van der Waals surface area contributed by atoms with Crippen molar-refractivity contribution < 1.29 is 9.59 Å². The molecule has 6 heteroatoms. The van der Waals surface area contributed by atoms with Gasteiger partial charge in [-0.05, 0) is 18.7 Å². The minimum absolute atomic E-state index is 0.00557. The van der Waals surface area contributed by atoms with Crippen LogP contribution in [0, 0.1) is 0 Å². The van der Waals surface area contributed by atoms with Gasteiger partial charge in [0.25, 0.3) is 0 Å². The van der Waals surface area contributed by atoms with E-state index in [4.69, 9.17) is 0 Å². The molecule has 0 saturated carbocycles. The van der Waals surface area contributed by atoms with Crippen LogP contribution < -0.4 is 5.32 Å². The second-order valence-corrected chi connectivity index (χ2v) is 6.92. The molecule has 1 fully saturated rings. The zero-order valence-electron chi connectivity index (χ0n) is 13.8. The molecule has 0 radical (unpaired) electrons. The maximum absolute atomic E-state index is 12.2. The molecule has 23 heavy (non-hydrogen) atoms. The van der Waals surface area contributed by atoms with Crippen LogP contribution in [-0.4, -0.2) is 65.8 Å². The minimum Gasteiger partial charge on any atom is -0.346 e. The molecule has 2 rings (SSSR count). The van der Waals surface area contributed by atoms with Crippen LogP contribution in [0.4, 0.5) is 0 Å². The first-order valence-corrected chi connectivity index (χ1v) is 9.23. The normalized spacial score (nSPS) is 16.9. The van der Waals surface area contributed by atoms with Crippen LogP contribution in [0.25, 0.3) is 0 Å². The Morgan fingerprint density at radius 1 is 1.17 bits per heavy atom. The van der Waals surface area contributed by atoms with Crippen molar-refractivity contribution in [2.45, 2.75) is 18.7 Å². The first-order valence-electron chi connectivity index (χ1n) is 7.94. The molecular weight excluding hydrogens is 310 g/mol. The number of benzene rings is 1. The lowest BCUT2D eigenvalue weighted by molar-refractivity contribution is -0.134. The molecule has 2 amide bonds. The third-order valence-corrected chi connectivity index (χ3v) is 5.03. The molecule has 1 aromatic rings. The Balaban J connectivity index is 1.71. The third-order valence-electron chi connectivity index (χ3n) is 4.11. The smallest absolute Gasteiger partial charge is 0.242 e. The zero-order chi connectivity index (χ0) is 16.7. The van der Waals surface area contributed by atoms with Gasteiger partial charge in [-0.25, -0.2) is 0 Å². The predicted octanol–water partition coefficient (Wildman–Crippen LogP) is 1.20. The Morgan fingerprint density at radius 2 is 1.83 bits per heavy atom. The number of carbonyl (C=O) groups is 2. The lowest BCUT2D eigenvalue weighted by Crippen LogP contribution is -2.51. The van der Waals surface area contributed by atoms with Gasteiger partial charge in [0.1, 0.15) is 0 Å². The number of thioether (sulfide) groups is 1. The lowest BCUT2D eigenvalue weighted by atomic mass is 10.2. The molecule has 1 N–H and O–H groups in total. The Bertz CT molecular complexity index is 516. The summed E-state index contributed by atoms with van der Waals surface area (Å²) in [6, 6.07) is 10.4. The SMILES string of the molecule is CSC(C)C(=O)NCC(=O)N1CCN(Cc2ccccc2)CC1. The predicted molar refractivity (Wildman–Crippen MR) is 94.3 cm³/mol. The summed E-state index contributed by atoms with van der Waals surface area (Å²) in [6.45, 7) is 6.05. The first kappa shape index (κ1) is 17.8. The van der Waals surface area contributed by atoms with Crippen molar-refractivity contribution in [1.82, 2.24) is 15.1 Å². The molecule has 1 aromatic carbocycles. The van der Waals surface area contributed by atoms with Crippen molar-refractivity contribution >= 4 is 23.6 Å². The van der Waals surface area contributed by atoms with Gasteiger partial charge in [-0.15, -0.1) is 0 Å². The van der Waals surface area contributed by atoms with Crippen LogP contribution in [-0.2, 0) is 16.1 Å². The molecule has 1 atom stereocenters. The second-order valence-electron chi connectivity index (χ2n) is 5.74. The molecular formula is C17H25N3O2S. The zero-order valence-corrected chi connectivity index (χ0v) is 14.6. The van der Waals surface area contributed by atoms with E-state index in [1.54, 1.807) is 0 Å². The van der Waals surface area contributed by atoms with Gasteiger partial charge in [-0.3, -0.25) is 14.5 Å². The van der Waals surface area contributed by atoms with Crippen molar-refractivity contribution in [3.8, 4) is 0 Å². The molecule has 0 aromatic heterocycles. The van der Waals surface area contributed by atoms with Crippen LogP contribution in [0.15, 0.2) is 30.3 Å². The summed E-state index contributed by atoms with van der Waals surface area (Å²) in [5.74, 6) is -0.0698. The fraction of sp³-hybridized carbons (Fsp3) is 0.529. The summed E-state index contributed by atoms with van der Waals surface area (Å²) in [5, 5.41) is 2.60. The maximum Gasteiger partial charge on any atom is 0.242 e. The maximum atomic E-state index is 12.2. The molecule has 0 bridgehead atoms. The van der Waals surface area contributed by atoms with Crippen LogP contribution in [0.1, 0.15) is 12.5 Å². The van der Waals surface area contributed by atoms with Crippen molar-refractivity contribution in [3.63, 3.8) is 0 Å². The average Bonchev–Trinajstić information content (AvgIpc) is 2.60. The second kappa shape index (κ2) is 8.93.